The third-order valence-corrected chi connectivity index (χ3v) is 4.38. The highest BCUT2D eigenvalue weighted by Gasteiger charge is 2.40. The first kappa shape index (κ1) is 11.3. The molecule has 94 valence electrons. The Morgan fingerprint density at radius 3 is 2.89 bits per heavy atom. The van der Waals surface area contributed by atoms with Crippen molar-refractivity contribution < 1.29 is 9.72 Å². The molecule has 3 unspecified atom stereocenters. The fourth-order valence-corrected chi connectivity index (χ4v) is 3.32. The highest BCUT2D eigenvalue weighted by Crippen LogP contribution is 2.43. The second kappa shape index (κ2) is 4.16. The lowest BCUT2D eigenvalue weighted by Crippen LogP contribution is -2.25. The monoisotopic (exact) mass is 265 g/mol. The van der Waals surface area contributed by atoms with E-state index >= 15 is 0 Å². The summed E-state index contributed by atoms with van der Waals surface area (Å²) in [5, 5.41) is 13.4. The Balaban J connectivity index is 1.67. The van der Waals surface area contributed by atoms with Gasteiger partial charge in [0.05, 0.1) is 4.92 Å². The summed E-state index contributed by atoms with van der Waals surface area (Å²) >= 11 is 0.888. The number of carbonyl (C=O) groups excluding carboxylic acids is 1. The molecule has 2 bridgehead atoms. The van der Waals surface area contributed by atoms with Gasteiger partial charge in [-0.1, -0.05) is 12.2 Å². The standard InChI is InChI=1S/C11H11N3O3S/c15-10(8-4-6-1-2-7(8)3-6)13-11-12-5-9(18-11)14(16)17/h1-2,5-8H,3-4H2,(H,12,13,15). The summed E-state index contributed by atoms with van der Waals surface area (Å²) in [5.74, 6) is 0.764. The third kappa shape index (κ3) is 1.90. The van der Waals surface area contributed by atoms with Crippen LogP contribution in [-0.4, -0.2) is 15.8 Å². The van der Waals surface area contributed by atoms with E-state index in [-0.39, 0.29) is 16.8 Å². The Labute approximate surface area is 107 Å². The number of nitrogens with zero attached hydrogens (tertiary/aromatic N) is 2. The maximum absolute atomic E-state index is 12.0. The van der Waals surface area contributed by atoms with Gasteiger partial charge in [0.1, 0.15) is 6.20 Å². The molecule has 0 spiro atoms. The summed E-state index contributed by atoms with van der Waals surface area (Å²) in [5.41, 5.74) is 0. The molecule has 1 fully saturated rings. The smallest absolute Gasteiger partial charge is 0.302 e. The minimum absolute atomic E-state index is 0.0112. The number of nitrogens with one attached hydrogen (secondary N) is 1. The van der Waals surface area contributed by atoms with Crippen LogP contribution in [0.25, 0.3) is 0 Å². The molecule has 0 radical (unpaired) electrons. The van der Waals surface area contributed by atoms with Crippen LogP contribution in [0.3, 0.4) is 0 Å². The second-order valence-electron chi connectivity index (χ2n) is 4.64. The zero-order valence-corrected chi connectivity index (χ0v) is 10.2. The number of aromatic nitrogens is 1. The second-order valence-corrected chi connectivity index (χ2v) is 5.65. The number of nitro groups is 1. The average Bonchev–Trinajstić information content (AvgIpc) is 3.03. The summed E-state index contributed by atoms with van der Waals surface area (Å²) < 4.78 is 0. The van der Waals surface area contributed by atoms with Gasteiger partial charge in [0.2, 0.25) is 5.91 Å². The van der Waals surface area contributed by atoms with Crippen molar-refractivity contribution in [1.82, 2.24) is 4.98 Å². The first-order valence-electron chi connectivity index (χ1n) is 5.73. The summed E-state index contributed by atoms with van der Waals surface area (Å²) in [7, 11) is 0. The SMILES string of the molecule is O=C(Nc1ncc([N+](=O)[O-])s1)C1CC2C=CC1C2. The summed E-state index contributed by atoms with van der Waals surface area (Å²) in [4.78, 5) is 25.9. The lowest BCUT2D eigenvalue weighted by molar-refractivity contribution is -0.380. The van der Waals surface area contributed by atoms with Gasteiger partial charge < -0.3 is 5.32 Å². The predicted octanol–water partition coefficient (Wildman–Crippen LogP) is 2.20. The van der Waals surface area contributed by atoms with Crippen LogP contribution in [0.15, 0.2) is 18.3 Å². The van der Waals surface area contributed by atoms with Crippen molar-refractivity contribution in [3.05, 3.63) is 28.5 Å². The Morgan fingerprint density at radius 1 is 1.50 bits per heavy atom. The zero-order chi connectivity index (χ0) is 12.7. The van der Waals surface area contributed by atoms with Crippen molar-refractivity contribution in [3.8, 4) is 0 Å². The van der Waals surface area contributed by atoms with Gasteiger partial charge in [-0.25, -0.2) is 4.98 Å². The van der Waals surface area contributed by atoms with Crippen LogP contribution in [0.5, 0.6) is 0 Å². The number of hydrogen-bond donors (Lipinski definition) is 1. The summed E-state index contributed by atoms with van der Waals surface area (Å²) in [6.45, 7) is 0. The molecule has 0 aliphatic heterocycles. The zero-order valence-electron chi connectivity index (χ0n) is 9.41. The molecule has 1 saturated carbocycles. The van der Waals surface area contributed by atoms with Crippen LogP contribution in [0.4, 0.5) is 10.1 Å². The normalized spacial score (nSPS) is 28.6. The molecule has 6 nitrogen and oxygen atoms in total. The third-order valence-electron chi connectivity index (χ3n) is 3.52. The molecule has 18 heavy (non-hydrogen) atoms. The topological polar surface area (TPSA) is 85.1 Å². The van der Waals surface area contributed by atoms with Crippen LogP contribution in [0.2, 0.25) is 0 Å². The Kier molecular flexibility index (Phi) is 2.62. The fourth-order valence-electron chi connectivity index (χ4n) is 2.69. The molecular weight excluding hydrogens is 254 g/mol. The van der Waals surface area contributed by atoms with Crippen molar-refractivity contribution in [2.24, 2.45) is 17.8 Å². The summed E-state index contributed by atoms with van der Waals surface area (Å²) in [6.07, 6.45) is 7.36. The van der Waals surface area contributed by atoms with Crippen LogP contribution in [0.1, 0.15) is 12.8 Å². The van der Waals surface area contributed by atoms with Crippen molar-refractivity contribution in [1.29, 1.82) is 0 Å². The van der Waals surface area contributed by atoms with Crippen molar-refractivity contribution in [2.75, 3.05) is 5.32 Å². The van der Waals surface area contributed by atoms with Crippen LogP contribution in [-0.2, 0) is 4.79 Å². The Morgan fingerprint density at radius 2 is 2.33 bits per heavy atom. The van der Waals surface area contributed by atoms with Gasteiger partial charge in [-0.2, -0.15) is 0 Å². The van der Waals surface area contributed by atoms with Crippen LogP contribution < -0.4 is 5.32 Å². The van der Waals surface area contributed by atoms with Gasteiger partial charge in [0.25, 0.3) is 0 Å². The molecule has 1 aromatic heterocycles. The number of allylic oxidation sites excluding steroid dienone is 2. The van der Waals surface area contributed by atoms with Crippen molar-refractivity contribution >= 4 is 27.4 Å². The van der Waals surface area contributed by atoms with Gasteiger partial charge in [-0.05, 0) is 36.0 Å². The molecule has 2 aliphatic carbocycles. The molecular formula is C11H11N3O3S. The molecule has 0 aromatic carbocycles. The number of carbonyl (C=O) groups is 1. The number of fused-ring (bicyclic) bond motifs is 2. The van der Waals surface area contributed by atoms with Gasteiger partial charge in [-0.15, -0.1) is 0 Å². The highest BCUT2D eigenvalue weighted by molar-refractivity contribution is 7.18. The van der Waals surface area contributed by atoms with E-state index in [1.165, 1.54) is 6.20 Å². The number of amides is 1. The Hall–Kier alpha value is -1.76. The van der Waals surface area contributed by atoms with E-state index in [1.807, 2.05) is 0 Å². The maximum Gasteiger partial charge on any atom is 0.345 e. The molecule has 1 aromatic rings. The molecule has 1 amide bonds. The minimum atomic E-state index is -0.506. The van der Waals surface area contributed by atoms with E-state index in [2.05, 4.69) is 22.5 Å². The van der Waals surface area contributed by atoms with Crippen LogP contribution in [0, 0.1) is 27.9 Å². The largest absolute Gasteiger partial charge is 0.345 e. The van der Waals surface area contributed by atoms with Crippen molar-refractivity contribution in [3.63, 3.8) is 0 Å². The quantitative estimate of drug-likeness (QED) is 0.515. The van der Waals surface area contributed by atoms with Gasteiger partial charge in [-0.3, -0.25) is 14.9 Å². The summed E-state index contributed by atoms with van der Waals surface area (Å²) in [6, 6.07) is 0. The fraction of sp³-hybridized carbons (Fsp3) is 0.455. The van der Waals surface area contributed by atoms with Crippen LogP contribution >= 0.6 is 11.3 Å². The van der Waals surface area contributed by atoms with E-state index in [9.17, 15) is 14.9 Å². The lowest BCUT2D eigenvalue weighted by atomic mass is 9.93. The molecule has 2 aliphatic rings. The average molecular weight is 265 g/mol. The first-order valence-corrected chi connectivity index (χ1v) is 6.54. The molecule has 1 N–H and O–H groups in total. The predicted molar refractivity (Wildman–Crippen MR) is 66.2 cm³/mol. The molecule has 0 saturated heterocycles. The van der Waals surface area contributed by atoms with Gasteiger partial charge >= 0.3 is 5.00 Å². The highest BCUT2D eigenvalue weighted by atomic mass is 32.1. The number of hydrogen-bond acceptors (Lipinski definition) is 5. The van der Waals surface area contributed by atoms with Gasteiger partial charge in [0.15, 0.2) is 5.13 Å². The van der Waals surface area contributed by atoms with E-state index in [4.69, 9.17) is 0 Å². The van der Waals surface area contributed by atoms with E-state index in [0.717, 1.165) is 24.2 Å². The van der Waals surface area contributed by atoms with E-state index in [1.54, 1.807) is 0 Å². The first-order chi connectivity index (χ1) is 8.63. The van der Waals surface area contributed by atoms with Crippen molar-refractivity contribution in [2.45, 2.75) is 12.8 Å². The van der Waals surface area contributed by atoms with Gasteiger partial charge in [0, 0.05) is 5.92 Å². The molecule has 3 rings (SSSR count). The van der Waals surface area contributed by atoms with E-state index < -0.39 is 4.92 Å². The Bertz CT molecular complexity index is 539. The number of rotatable bonds is 3. The molecule has 7 heteroatoms. The lowest BCUT2D eigenvalue weighted by Gasteiger charge is -2.16. The maximum atomic E-state index is 12.0. The number of anilines is 1. The molecule has 3 atom stereocenters. The van der Waals surface area contributed by atoms with E-state index in [0.29, 0.717) is 17.0 Å². The number of thiazole rings is 1. The minimum Gasteiger partial charge on any atom is -0.302 e. The molecule has 1 heterocycles.